The molecule has 4 nitrogen and oxygen atoms in total. The molecule has 0 radical (unpaired) electrons. The first-order valence-electron chi connectivity index (χ1n) is 5.83. The molecule has 0 saturated carbocycles. The highest BCUT2D eigenvalue weighted by atomic mass is 35.5. The highest BCUT2D eigenvalue weighted by Gasteiger charge is 2.25. The average Bonchev–Trinajstić information content (AvgIpc) is 2.37. The highest BCUT2D eigenvalue weighted by molar-refractivity contribution is 6.35. The quantitative estimate of drug-likeness (QED) is 0.682. The van der Waals surface area contributed by atoms with Gasteiger partial charge in [0.15, 0.2) is 0 Å². The van der Waals surface area contributed by atoms with E-state index in [9.17, 15) is 15.2 Å². The Morgan fingerprint density at radius 2 is 1.85 bits per heavy atom. The van der Waals surface area contributed by atoms with Crippen LogP contribution in [-0.2, 0) is 0 Å². The lowest BCUT2D eigenvalue weighted by molar-refractivity contribution is -0.481. The standard InChI is InChI=1S/C14H11Cl2NO3/c15-9-5-6-10(13(16)7-9)12(8-17(19)20)11-3-1-2-4-14(11)18/h1-7,12,18H,8H2/t12-/m1/s1. The van der Waals surface area contributed by atoms with Crippen LogP contribution < -0.4 is 0 Å². The molecule has 104 valence electrons. The largest absolute Gasteiger partial charge is 0.508 e. The lowest BCUT2D eigenvalue weighted by atomic mass is 9.90. The van der Waals surface area contributed by atoms with Crippen LogP contribution in [0.15, 0.2) is 42.5 Å². The van der Waals surface area contributed by atoms with Crippen molar-refractivity contribution in [1.29, 1.82) is 0 Å². The van der Waals surface area contributed by atoms with Crippen molar-refractivity contribution in [3.8, 4) is 5.75 Å². The molecule has 20 heavy (non-hydrogen) atoms. The number of nitro groups is 1. The second-order valence-electron chi connectivity index (χ2n) is 4.29. The first-order chi connectivity index (χ1) is 9.49. The van der Waals surface area contributed by atoms with E-state index < -0.39 is 10.8 Å². The number of phenols is 1. The topological polar surface area (TPSA) is 63.4 Å². The third kappa shape index (κ3) is 3.21. The molecule has 6 heteroatoms. The summed E-state index contributed by atoms with van der Waals surface area (Å²) < 4.78 is 0. The van der Waals surface area contributed by atoms with Crippen LogP contribution in [0.4, 0.5) is 0 Å². The molecule has 0 saturated heterocycles. The zero-order valence-corrected chi connectivity index (χ0v) is 11.8. The molecule has 1 N–H and O–H groups in total. The van der Waals surface area contributed by atoms with Gasteiger partial charge < -0.3 is 5.11 Å². The van der Waals surface area contributed by atoms with E-state index >= 15 is 0 Å². The lowest BCUT2D eigenvalue weighted by Crippen LogP contribution is -2.14. The van der Waals surface area contributed by atoms with Gasteiger partial charge in [-0.2, -0.15) is 0 Å². The van der Waals surface area contributed by atoms with Gasteiger partial charge in [0.05, 0.1) is 5.92 Å². The van der Waals surface area contributed by atoms with Crippen molar-refractivity contribution in [3.05, 3.63) is 73.8 Å². The maximum atomic E-state index is 10.9. The first kappa shape index (κ1) is 14.6. The molecule has 0 bridgehead atoms. The fourth-order valence-electron chi connectivity index (χ4n) is 2.08. The summed E-state index contributed by atoms with van der Waals surface area (Å²) in [6, 6.07) is 11.3. The monoisotopic (exact) mass is 311 g/mol. The van der Waals surface area contributed by atoms with Gasteiger partial charge >= 0.3 is 0 Å². The molecule has 0 amide bonds. The maximum absolute atomic E-state index is 10.9. The molecule has 0 fully saturated rings. The Hall–Kier alpha value is -1.78. The molecule has 0 aliphatic rings. The lowest BCUT2D eigenvalue weighted by Gasteiger charge is -2.16. The van der Waals surface area contributed by atoms with E-state index in [4.69, 9.17) is 23.2 Å². The van der Waals surface area contributed by atoms with E-state index in [0.717, 1.165) is 0 Å². The molecular weight excluding hydrogens is 301 g/mol. The van der Waals surface area contributed by atoms with Crippen LogP contribution in [0.2, 0.25) is 10.0 Å². The zero-order chi connectivity index (χ0) is 14.7. The summed E-state index contributed by atoms with van der Waals surface area (Å²) in [4.78, 5) is 10.5. The number of rotatable bonds is 4. The predicted molar refractivity (Wildman–Crippen MR) is 78.3 cm³/mol. The summed E-state index contributed by atoms with van der Waals surface area (Å²) in [5.41, 5.74) is 1.03. The summed E-state index contributed by atoms with van der Waals surface area (Å²) in [5.74, 6) is -0.624. The number of halogens is 2. The number of nitrogens with zero attached hydrogens (tertiary/aromatic N) is 1. The van der Waals surface area contributed by atoms with Gasteiger partial charge in [-0.1, -0.05) is 47.5 Å². The number of aromatic hydroxyl groups is 1. The fourth-order valence-corrected chi connectivity index (χ4v) is 2.62. The van der Waals surface area contributed by atoms with Crippen LogP contribution in [0.5, 0.6) is 5.75 Å². The van der Waals surface area contributed by atoms with Crippen LogP contribution >= 0.6 is 23.2 Å². The van der Waals surface area contributed by atoms with Gasteiger partial charge in [0.25, 0.3) is 0 Å². The predicted octanol–water partition coefficient (Wildman–Crippen LogP) is 4.11. The van der Waals surface area contributed by atoms with Crippen molar-refractivity contribution >= 4 is 23.2 Å². The van der Waals surface area contributed by atoms with Gasteiger partial charge in [0.2, 0.25) is 6.54 Å². The molecule has 1 atom stereocenters. The van der Waals surface area contributed by atoms with E-state index in [1.165, 1.54) is 12.1 Å². The third-order valence-electron chi connectivity index (χ3n) is 2.98. The summed E-state index contributed by atoms with van der Waals surface area (Å²) >= 11 is 12.0. The van der Waals surface area contributed by atoms with Crippen LogP contribution in [0.1, 0.15) is 17.0 Å². The third-order valence-corrected chi connectivity index (χ3v) is 3.54. The average molecular weight is 312 g/mol. The molecule has 0 aromatic heterocycles. The molecule has 2 aromatic carbocycles. The zero-order valence-electron chi connectivity index (χ0n) is 10.3. The second-order valence-corrected chi connectivity index (χ2v) is 5.14. The molecule has 0 unspecified atom stereocenters. The number of phenolic OH excluding ortho intramolecular Hbond substituents is 1. The van der Waals surface area contributed by atoms with Crippen molar-refractivity contribution in [2.24, 2.45) is 0 Å². The Morgan fingerprint density at radius 1 is 1.15 bits per heavy atom. The van der Waals surface area contributed by atoms with Crippen LogP contribution in [0.25, 0.3) is 0 Å². The second kappa shape index (κ2) is 6.11. The normalized spacial score (nSPS) is 12.1. The number of hydrogen-bond donors (Lipinski definition) is 1. The minimum absolute atomic E-state index is 0.00497. The molecule has 2 aromatic rings. The molecule has 0 heterocycles. The molecular formula is C14H11Cl2NO3. The van der Waals surface area contributed by atoms with Crippen molar-refractivity contribution in [1.82, 2.24) is 0 Å². The highest BCUT2D eigenvalue weighted by Crippen LogP contribution is 2.35. The Bertz CT molecular complexity index is 646. The van der Waals surface area contributed by atoms with Crippen molar-refractivity contribution in [2.45, 2.75) is 5.92 Å². The first-order valence-corrected chi connectivity index (χ1v) is 6.59. The minimum Gasteiger partial charge on any atom is -0.508 e. The van der Waals surface area contributed by atoms with Crippen molar-refractivity contribution in [2.75, 3.05) is 6.54 Å². The molecule has 2 rings (SSSR count). The smallest absolute Gasteiger partial charge is 0.214 e. The Kier molecular flexibility index (Phi) is 4.47. The number of benzene rings is 2. The number of hydrogen-bond acceptors (Lipinski definition) is 3. The van der Waals surface area contributed by atoms with Crippen LogP contribution in [-0.4, -0.2) is 16.6 Å². The summed E-state index contributed by atoms with van der Waals surface area (Å²) in [7, 11) is 0. The van der Waals surface area contributed by atoms with Crippen LogP contribution in [0, 0.1) is 10.1 Å². The molecule has 0 spiro atoms. The van der Waals surface area contributed by atoms with Gasteiger partial charge in [-0.25, -0.2) is 0 Å². The van der Waals surface area contributed by atoms with E-state index in [1.54, 1.807) is 30.3 Å². The SMILES string of the molecule is O=[N+]([O-])C[C@@H](c1ccccc1O)c1ccc(Cl)cc1Cl. The molecule has 0 aliphatic heterocycles. The molecule has 0 aliphatic carbocycles. The minimum atomic E-state index is -0.629. The van der Waals surface area contributed by atoms with Crippen molar-refractivity contribution in [3.63, 3.8) is 0 Å². The summed E-state index contributed by atoms with van der Waals surface area (Å²) in [6.45, 7) is -0.362. The maximum Gasteiger partial charge on any atom is 0.214 e. The summed E-state index contributed by atoms with van der Waals surface area (Å²) in [6.07, 6.45) is 0. The Labute approximate surface area is 125 Å². The van der Waals surface area contributed by atoms with Crippen LogP contribution in [0.3, 0.4) is 0 Å². The fraction of sp³-hybridized carbons (Fsp3) is 0.143. The van der Waals surface area contributed by atoms with E-state index in [0.29, 0.717) is 21.2 Å². The van der Waals surface area contributed by atoms with E-state index in [2.05, 4.69) is 0 Å². The Morgan fingerprint density at radius 3 is 2.45 bits per heavy atom. The van der Waals surface area contributed by atoms with Gasteiger partial charge in [-0.3, -0.25) is 10.1 Å². The van der Waals surface area contributed by atoms with E-state index in [-0.39, 0.29) is 12.3 Å². The van der Waals surface area contributed by atoms with E-state index in [1.807, 2.05) is 0 Å². The van der Waals surface area contributed by atoms with Gasteiger partial charge in [0.1, 0.15) is 5.75 Å². The van der Waals surface area contributed by atoms with Gasteiger partial charge in [-0.05, 0) is 23.8 Å². The Balaban J connectivity index is 2.53. The summed E-state index contributed by atoms with van der Waals surface area (Å²) in [5, 5.41) is 21.6. The van der Waals surface area contributed by atoms with Crippen molar-refractivity contribution < 1.29 is 10.0 Å². The van der Waals surface area contributed by atoms with Gasteiger partial charge in [0, 0.05) is 20.5 Å². The number of para-hydroxylation sites is 1. The van der Waals surface area contributed by atoms with Gasteiger partial charge in [-0.15, -0.1) is 0 Å².